The third-order valence-electron chi connectivity index (χ3n) is 3.75. The minimum absolute atomic E-state index is 0.0741. The van der Waals surface area contributed by atoms with Crippen molar-refractivity contribution >= 4 is 5.97 Å². The van der Waals surface area contributed by atoms with Gasteiger partial charge in [-0.05, 0) is 17.7 Å². The second-order valence-electron chi connectivity index (χ2n) is 5.26. The molecule has 116 valence electrons. The Bertz CT molecular complexity index is 623. The van der Waals surface area contributed by atoms with Crippen molar-refractivity contribution in [3.05, 3.63) is 59.5 Å². The number of nitrogens with zero attached hydrogens (tertiary/aromatic N) is 1. The molecule has 3 rings (SSSR count). The number of furan rings is 1. The average molecular weight is 301 g/mol. The summed E-state index contributed by atoms with van der Waals surface area (Å²) >= 11 is 0. The molecule has 0 N–H and O–H groups in total. The lowest BCUT2D eigenvalue weighted by Crippen LogP contribution is -2.37. The zero-order chi connectivity index (χ0) is 15.4. The van der Waals surface area contributed by atoms with Gasteiger partial charge < -0.3 is 13.9 Å². The number of esters is 1. The Morgan fingerprint density at radius 3 is 2.86 bits per heavy atom. The van der Waals surface area contributed by atoms with Gasteiger partial charge in [-0.3, -0.25) is 4.90 Å². The van der Waals surface area contributed by atoms with Gasteiger partial charge in [0, 0.05) is 13.1 Å². The highest BCUT2D eigenvalue weighted by Gasteiger charge is 2.23. The average Bonchev–Trinajstić information content (AvgIpc) is 3.04. The third kappa shape index (κ3) is 3.37. The number of hydrogen-bond donors (Lipinski definition) is 0. The molecule has 2 aromatic rings. The molecule has 1 atom stereocenters. The lowest BCUT2D eigenvalue weighted by Gasteiger charge is -2.32. The van der Waals surface area contributed by atoms with E-state index in [0.717, 1.165) is 18.8 Å². The molecule has 1 aromatic carbocycles. The summed E-state index contributed by atoms with van der Waals surface area (Å²) in [4.78, 5) is 13.7. The predicted molar refractivity (Wildman–Crippen MR) is 80.5 cm³/mol. The van der Waals surface area contributed by atoms with Gasteiger partial charge in [0.05, 0.1) is 26.4 Å². The van der Waals surface area contributed by atoms with E-state index < -0.39 is 5.97 Å². The van der Waals surface area contributed by atoms with Crippen molar-refractivity contribution in [3.63, 3.8) is 0 Å². The molecule has 0 bridgehead atoms. The van der Waals surface area contributed by atoms with E-state index in [9.17, 15) is 4.79 Å². The van der Waals surface area contributed by atoms with Crippen LogP contribution in [-0.4, -0.2) is 37.7 Å². The first-order chi connectivity index (χ1) is 10.8. The van der Waals surface area contributed by atoms with E-state index in [4.69, 9.17) is 9.15 Å². The molecular formula is C17H19NO4. The summed E-state index contributed by atoms with van der Waals surface area (Å²) in [6, 6.07) is 13.7. The van der Waals surface area contributed by atoms with Gasteiger partial charge in [0.2, 0.25) is 5.76 Å². The van der Waals surface area contributed by atoms with Crippen LogP contribution in [0.5, 0.6) is 0 Å². The number of hydrogen-bond acceptors (Lipinski definition) is 5. The maximum Gasteiger partial charge on any atom is 0.373 e. The van der Waals surface area contributed by atoms with Crippen molar-refractivity contribution in [1.82, 2.24) is 4.90 Å². The fourth-order valence-electron chi connectivity index (χ4n) is 2.61. The van der Waals surface area contributed by atoms with Gasteiger partial charge in [-0.1, -0.05) is 30.3 Å². The van der Waals surface area contributed by atoms with Crippen molar-refractivity contribution in [1.29, 1.82) is 0 Å². The number of carbonyl (C=O) groups excluding carboxylic acids is 1. The van der Waals surface area contributed by atoms with Crippen LogP contribution in [0.2, 0.25) is 0 Å². The number of carbonyl (C=O) groups is 1. The van der Waals surface area contributed by atoms with Crippen molar-refractivity contribution in [3.8, 4) is 0 Å². The number of morpholine rings is 1. The molecule has 22 heavy (non-hydrogen) atoms. The van der Waals surface area contributed by atoms with E-state index in [1.165, 1.54) is 12.7 Å². The van der Waals surface area contributed by atoms with E-state index in [1.807, 2.05) is 24.3 Å². The fraction of sp³-hybridized carbons (Fsp3) is 0.353. The zero-order valence-corrected chi connectivity index (χ0v) is 12.5. The highest BCUT2D eigenvalue weighted by molar-refractivity contribution is 5.86. The van der Waals surface area contributed by atoms with Gasteiger partial charge in [-0.2, -0.15) is 0 Å². The molecule has 5 nitrogen and oxygen atoms in total. The Balaban J connectivity index is 1.63. The fourth-order valence-corrected chi connectivity index (χ4v) is 2.61. The van der Waals surface area contributed by atoms with Crippen LogP contribution in [0, 0.1) is 0 Å². The topological polar surface area (TPSA) is 51.9 Å². The molecule has 1 aliphatic rings. The highest BCUT2D eigenvalue weighted by Crippen LogP contribution is 2.23. The Kier molecular flexibility index (Phi) is 4.56. The summed E-state index contributed by atoms with van der Waals surface area (Å²) in [6.07, 6.45) is 0.0741. The molecule has 0 amide bonds. The normalized spacial score (nSPS) is 19.0. The predicted octanol–water partition coefficient (Wildman–Crippen LogP) is 2.64. The molecule has 1 aliphatic heterocycles. The van der Waals surface area contributed by atoms with Crippen LogP contribution in [0.15, 0.2) is 46.9 Å². The molecule has 0 radical (unpaired) electrons. The summed E-state index contributed by atoms with van der Waals surface area (Å²) in [7, 11) is 1.34. The summed E-state index contributed by atoms with van der Waals surface area (Å²) in [5.41, 5.74) is 1.18. The van der Waals surface area contributed by atoms with Crippen molar-refractivity contribution in [2.75, 3.05) is 26.8 Å². The van der Waals surface area contributed by atoms with E-state index in [0.29, 0.717) is 13.2 Å². The maximum absolute atomic E-state index is 11.4. The lowest BCUT2D eigenvalue weighted by atomic mass is 10.1. The number of rotatable bonds is 4. The molecule has 2 heterocycles. The van der Waals surface area contributed by atoms with E-state index >= 15 is 0 Å². The maximum atomic E-state index is 11.4. The van der Waals surface area contributed by atoms with Crippen LogP contribution in [0.4, 0.5) is 0 Å². The van der Waals surface area contributed by atoms with Gasteiger partial charge in [0.15, 0.2) is 0 Å². The quantitative estimate of drug-likeness (QED) is 0.813. The molecular weight excluding hydrogens is 282 g/mol. The highest BCUT2D eigenvalue weighted by atomic mass is 16.5. The zero-order valence-electron chi connectivity index (χ0n) is 12.5. The van der Waals surface area contributed by atoms with Crippen LogP contribution in [0.3, 0.4) is 0 Å². The second kappa shape index (κ2) is 6.77. The molecule has 1 saturated heterocycles. The van der Waals surface area contributed by atoms with Crippen LogP contribution in [0.25, 0.3) is 0 Å². The van der Waals surface area contributed by atoms with Crippen LogP contribution in [-0.2, 0) is 16.0 Å². The van der Waals surface area contributed by atoms with E-state index in [1.54, 1.807) is 6.07 Å². The molecule has 0 aliphatic carbocycles. The number of methoxy groups -OCH3 is 1. The largest absolute Gasteiger partial charge is 0.463 e. The minimum atomic E-state index is -0.449. The molecule has 0 saturated carbocycles. The number of benzene rings is 1. The second-order valence-corrected chi connectivity index (χ2v) is 5.26. The summed E-state index contributed by atoms with van der Waals surface area (Å²) in [5.74, 6) is 0.551. The summed E-state index contributed by atoms with van der Waals surface area (Å²) < 4.78 is 16.0. The first kappa shape index (κ1) is 14.8. The Morgan fingerprint density at radius 2 is 2.09 bits per heavy atom. The molecule has 1 aromatic heterocycles. The first-order valence-electron chi connectivity index (χ1n) is 7.32. The van der Waals surface area contributed by atoms with Gasteiger partial charge in [-0.15, -0.1) is 0 Å². The SMILES string of the molecule is COC(=O)c1ccc(CN2CCOC(c3ccccc3)C2)o1. The van der Waals surface area contributed by atoms with Crippen molar-refractivity contribution in [2.45, 2.75) is 12.6 Å². The van der Waals surface area contributed by atoms with Gasteiger partial charge in [0.1, 0.15) is 5.76 Å². The van der Waals surface area contributed by atoms with Crippen LogP contribution >= 0.6 is 0 Å². The lowest BCUT2D eigenvalue weighted by molar-refractivity contribution is -0.0348. The van der Waals surface area contributed by atoms with Gasteiger partial charge in [0.25, 0.3) is 0 Å². The number of ether oxygens (including phenoxy) is 2. The molecule has 1 fully saturated rings. The summed E-state index contributed by atoms with van der Waals surface area (Å²) in [6.45, 7) is 2.99. The smallest absolute Gasteiger partial charge is 0.373 e. The van der Waals surface area contributed by atoms with Crippen LogP contribution < -0.4 is 0 Å². The Labute approximate surface area is 129 Å². The van der Waals surface area contributed by atoms with E-state index in [2.05, 4.69) is 21.8 Å². The first-order valence-corrected chi connectivity index (χ1v) is 7.32. The van der Waals surface area contributed by atoms with Crippen molar-refractivity contribution < 1.29 is 18.7 Å². The molecule has 0 spiro atoms. The minimum Gasteiger partial charge on any atom is -0.463 e. The van der Waals surface area contributed by atoms with Gasteiger partial charge in [-0.25, -0.2) is 4.79 Å². The summed E-state index contributed by atoms with van der Waals surface area (Å²) in [5, 5.41) is 0. The monoisotopic (exact) mass is 301 g/mol. The van der Waals surface area contributed by atoms with Crippen LogP contribution in [0.1, 0.15) is 28.0 Å². The van der Waals surface area contributed by atoms with Gasteiger partial charge >= 0.3 is 5.97 Å². The molecule has 5 heteroatoms. The standard InChI is InChI=1S/C17H19NO4/c1-20-17(19)15-8-7-14(22-15)11-18-9-10-21-16(12-18)13-5-3-2-4-6-13/h2-8,16H,9-12H2,1H3. The Morgan fingerprint density at radius 1 is 1.27 bits per heavy atom. The van der Waals surface area contributed by atoms with Crippen molar-refractivity contribution in [2.24, 2.45) is 0 Å². The third-order valence-corrected chi connectivity index (χ3v) is 3.75. The Hall–Kier alpha value is -2.11. The van der Waals surface area contributed by atoms with E-state index in [-0.39, 0.29) is 11.9 Å². The molecule has 1 unspecified atom stereocenters.